The zero-order valence-electron chi connectivity index (χ0n) is 15.7. The second-order valence-corrected chi connectivity index (χ2v) is 8.55. The zero-order chi connectivity index (χ0) is 19.1. The maximum atomic E-state index is 13.0. The van der Waals surface area contributed by atoms with Crippen molar-refractivity contribution in [2.24, 2.45) is 0 Å². The molecule has 0 aromatic heterocycles. The molecule has 2 aliphatic rings. The van der Waals surface area contributed by atoms with Gasteiger partial charge >= 0.3 is 0 Å². The zero-order valence-corrected chi connectivity index (χ0v) is 16.6. The Morgan fingerprint density at radius 2 is 1.96 bits per heavy atom. The number of carbonyl (C=O) groups excluding carboxylic acids is 1. The van der Waals surface area contributed by atoms with Gasteiger partial charge in [-0.3, -0.25) is 4.79 Å². The molecular formula is C23H23NO2S. The SMILES string of the molecule is CCSc1ccc2c(c1)C(=O)C(C1C=Cc3cc(C(C)C)ccc3N1)=C2O. The first-order valence-electron chi connectivity index (χ1n) is 9.33. The van der Waals surface area contributed by atoms with E-state index in [9.17, 15) is 9.90 Å². The van der Waals surface area contributed by atoms with Crippen LogP contribution in [0.2, 0.25) is 0 Å². The first-order chi connectivity index (χ1) is 13.0. The Hall–Kier alpha value is -2.46. The lowest BCUT2D eigenvalue weighted by molar-refractivity contribution is 0.103. The Labute approximate surface area is 164 Å². The molecule has 1 atom stereocenters. The number of anilines is 1. The van der Waals surface area contributed by atoms with Crippen LogP contribution in [0.1, 0.15) is 53.7 Å². The second kappa shape index (κ2) is 6.93. The molecule has 0 bridgehead atoms. The molecule has 3 nitrogen and oxygen atoms in total. The Morgan fingerprint density at radius 1 is 1.15 bits per heavy atom. The number of hydrogen-bond donors (Lipinski definition) is 2. The summed E-state index contributed by atoms with van der Waals surface area (Å²) in [5.41, 5.74) is 5.04. The summed E-state index contributed by atoms with van der Waals surface area (Å²) >= 11 is 1.69. The highest BCUT2D eigenvalue weighted by Gasteiger charge is 2.35. The lowest BCUT2D eigenvalue weighted by Gasteiger charge is -2.24. The van der Waals surface area contributed by atoms with E-state index in [0.717, 1.165) is 21.9 Å². The summed E-state index contributed by atoms with van der Waals surface area (Å²) < 4.78 is 0. The lowest BCUT2D eigenvalue weighted by atomic mass is 9.94. The van der Waals surface area contributed by atoms with Crippen molar-refractivity contribution in [3.05, 3.63) is 70.3 Å². The van der Waals surface area contributed by atoms with Gasteiger partial charge in [0.15, 0.2) is 5.78 Å². The monoisotopic (exact) mass is 377 g/mol. The molecule has 0 saturated heterocycles. The minimum atomic E-state index is -0.329. The molecule has 2 aromatic carbocycles. The summed E-state index contributed by atoms with van der Waals surface area (Å²) in [6, 6.07) is 11.7. The van der Waals surface area contributed by atoms with E-state index in [1.807, 2.05) is 30.4 Å². The van der Waals surface area contributed by atoms with E-state index >= 15 is 0 Å². The Kier molecular flexibility index (Phi) is 4.60. The molecule has 1 heterocycles. The van der Waals surface area contributed by atoms with Crippen LogP contribution in [0.15, 0.2) is 52.9 Å². The van der Waals surface area contributed by atoms with Crippen LogP contribution in [0.4, 0.5) is 5.69 Å². The van der Waals surface area contributed by atoms with E-state index in [4.69, 9.17) is 0 Å². The number of thioether (sulfide) groups is 1. The highest BCUT2D eigenvalue weighted by atomic mass is 32.2. The third-order valence-corrected chi connectivity index (χ3v) is 6.01. The third kappa shape index (κ3) is 3.08. The van der Waals surface area contributed by atoms with E-state index in [1.165, 1.54) is 5.56 Å². The number of Topliss-reactive ketones (excluding diaryl/α,β-unsaturated/α-hetero) is 1. The molecule has 1 aliphatic carbocycles. The van der Waals surface area contributed by atoms with Crippen LogP contribution in [-0.2, 0) is 0 Å². The largest absolute Gasteiger partial charge is 0.507 e. The molecule has 4 heteroatoms. The van der Waals surface area contributed by atoms with Crippen LogP contribution in [-0.4, -0.2) is 22.7 Å². The maximum Gasteiger partial charge on any atom is 0.195 e. The molecule has 0 amide bonds. The van der Waals surface area contributed by atoms with E-state index in [2.05, 4.69) is 44.3 Å². The van der Waals surface area contributed by atoms with Gasteiger partial charge in [0.2, 0.25) is 0 Å². The van der Waals surface area contributed by atoms with Gasteiger partial charge < -0.3 is 10.4 Å². The van der Waals surface area contributed by atoms with Crippen LogP contribution in [0.3, 0.4) is 0 Å². The summed E-state index contributed by atoms with van der Waals surface area (Å²) in [5.74, 6) is 1.41. The van der Waals surface area contributed by atoms with Crippen molar-refractivity contribution in [1.82, 2.24) is 0 Å². The van der Waals surface area contributed by atoms with Crippen molar-refractivity contribution in [3.63, 3.8) is 0 Å². The van der Waals surface area contributed by atoms with Crippen molar-refractivity contribution >= 4 is 35.1 Å². The maximum absolute atomic E-state index is 13.0. The summed E-state index contributed by atoms with van der Waals surface area (Å²) in [7, 11) is 0. The number of aliphatic hydroxyl groups excluding tert-OH is 1. The van der Waals surface area contributed by atoms with Crippen molar-refractivity contribution in [2.45, 2.75) is 37.6 Å². The van der Waals surface area contributed by atoms with Gasteiger partial charge in [-0.25, -0.2) is 0 Å². The van der Waals surface area contributed by atoms with Crippen LogP contribution in [0, 0.1) is 0 Å². The number of nitrogens with one attached hydrogen (secondary N) is 1. The molecule has 0 spiro atoms. The number of aliphatic hydroxyl groups is 1. The smallest absolute Gasteiger partial charge is 0.195 e. The summed E-state index contributed by atoms with van der Waals surface area (Å²) in [6.45, 7) is 6.43. The van der Waals surface area contributed by atoms with Gasteiger partial charge in [0.25, 0.3) is 0 Å². The molecule has 2 aromatic rings. The third-order valence-electron chi connectivity index (χ3n) is 5.13. The Bertz CT molecular complexity index is 988. The molecule has 138 valence electrons. The van der Waals surface area contributed by atoms with Crippen LogP contribution in [0.5, 0.6) is 0 Å². The van der Waals surface area contributed by atoms with Gasteiger partial charge in [-0.05, 0) is 53.1 Å². The van der Waals surface area contributed by atoms with Gasteiger partial charge in [0.05, 0.1) is 11.6 Å². The molecule has 1 aliphatic heterocycles. The topological polar surface area (TPSA) is 49.3 Å². The van der Waals surface area contributed by atoms with Crippen molar-refractivity contribution in [3.8, 4) is 0 Å². The predicted octanol–water partition coefficient (Wildman–Crippen LogP) is 5.89. The highest BCUT2D eigenvalue weighted by Crippen LogP contribution is 2.38. The minimum Gasteiger partial charge on any atom is -0.507 e. The average Bonchev–Trinajstić information content (AvgIpc) is 2.91. The molecule has 0 radical (unpaired) electrons. The van der Waals surface area contributed by atoms with Gasteiger partial charge in [0, 0.05) is 21.7 Å². The van der Waals surface area contributed by atoms with Gasteiger partial charge in [-0.2, -0.15) is 0 Å². The van der Waals surface area contributed by atoms with Crippen molar-refractivity contribution in [1.29, 1.82) is 0 Å². The number of fused-ring (bicyclic) bond motifs is 2. The van der Waals surface area contributed by atoms with Crippen LogP contribution in [0.25, 0.3) is 11.8 Å². The molecule has 1 unspecified atom stereocenters. The standard InChI is InChI=1S/C23H23NO2S/c1-4-27-16-7-8-17-18(12-16)23(26)21(22(17)25)20-10-6-15-11-14(13(2)3)5-9-19(15)24-20/h5-13,20,24-25H,4H2,1-3H3. The van der Waals surface area contributed by atoms with Crippen LogP contribution >= 0.6 is 11.8 Å². The molecule has 2 N–H and O–H groups in total. The van der Waals surface area contributed by atoms with Gasteiger partial charge in [0.1, 0.15) is 5.76 Å². The van der Waals surface area contributed by atoms with E-state index in [0.29, 0.717) is 22.6 Å². The fraction of sp³-hybridized carbons (Fsp3) is 0.261. The molecule has 0 saturated carbocycles. The van der Waals surface area contributed by atoms with Crippen molar-refractivity contribution in [2.75, 3.05) is 11.1 Å². The molecule has 4 rings (SSSR count). The average molecular weight is 378 g/mol. The Balaban J connectivity index is 1.66. The summed E-state index contributed by atoms with van der Waals surface area (Å²) in [5, 5.41) is 14.1. The normalized spacial score (nSPS) is 17.9. The first kappa shape index (κ1) is 17.9. The van der Waals surface area contributed by atoms with E-state index in [1.54, 1.807) is 11.8 Å². The second-order valence-electron chi connectivity index (χ2n) is 7.21. The molecule has 27 heavy (non-hydrogen) atoms. The summed E-state index contributed by atoms with van der Waals surface area (Å²) in [6.07, 6.45) is 4.00. The fourth-order valence-corrected chi connectivity index (χ4v) is 4.35. The number of rotatable bonds is 4. The predicted molar refractivity (Wildman–Crippen MR) is 114 cm³/mol. The van der Waals surface area contributed by atoms with E-state index in [-0.39, 0.29) is 17.6 Å². The van der Waals surface area contributed by atoms with Crippen molar-refractivity contribution < 1.29 is 9.90 Å². The quantitative estimate of drug-likeness (QED) is 0.652. The van der Waals surface area contributed by atoms with Gasteiger partial charge in [-0.1, -0.05) is 39.0 Å². The first-order valence-corrected chi connectivity index (χ1v) is 10.3. The number of hydrogen-bond acceptors (Lipinski definition) is 4. The number of carbonyl (C=O) groups is 1. The molecule has 0 fully saturated rings. The van der Waals surface area contributed by atoms with Gasteiger partial charge in [-0.15, -0.1) is 11.8 Å². The fourth-order valence-electron chi connectivity index (χ4n) is 3.65. The highest BCUT2D eigenvalue weighted by molar-refractivity contribution is 7.99. The molecular weight excluding hydrogens is 354 g/mol. The number of benzene rings is 2. The minimum absolute atomic E-state index is 0.0902. The van der Waals surface area contributed by atoms with Crippen LogP contribution < -0.4 is 5.32 Å². The lowest BCUT2D eigenvalue weighted by Crippen LogP contribution is -2.26. The summed E-state index contributed by atoms with van der Waals surface area (Å²) in [4.78, 5) is 14.1. The Morgan fingerprint density at radius 3 is 2.70 bits per heavy atom. The van der Waals surface area contributed by atoms with E-state index < -0.39 is 0 Å². The number of ketones is 1.